The summed E-state index contributed by atoms with van der Waals surface area (Å²) in [4.78, 5) is 28.3. The molecular weight excluding hydrogens is 531 g/mol. The quantitative estimate of drug-likeness (QED) is 0.318. The highest BCUT2D eigenvalue weighted by molar-refractivity contribution is 6.33. The molecule has 0 aliphatic carbocycles. The normalized spacial score (nSPS) is 14.7. The van der Waals surface area contributed by atoms with E-state index >= 15 is 0 Å². The van der Waals surface area contributed by atoms with Gasteiger partial charge in [0.1, 0.15) is 17.2 Å². The van der Waals surface area contributed by atoms with E-state index in [0.29, 0.717) is 18.7 Å². The number of furan rings is 1. The van der Waals surface area contributed by atoms with E-state index in [9.17, 15) is 22.8 Å². The molecule has 6 nitrogen and oxygen atoms in total. The van der Waals surface area contributed by atoms with Crippen molar-refractivity contribution >= 4 is 29.5 Å². The van der Waals surface area contributed by atoms with E-state index in [1.807, 2.05) is 6.92 Å². The van der Waals surface area contributed by atoms with Gasteiger partial charge in [-0.05, 0) is 75.3 Å². The molecule has 1 aromatic heterocycles. The van der Waals surface area contributed by atoms with Crippen molar-refractivity contribution in [3.8, 4) is 11.3 Å². The average Bonchev–Trinajstić information content (AvgIpc) is 3.37. The van der Waals surface area contributed by atoms with Crippen LogP contribution in [0.4, 0.5) is 13.2 Å². The highest BCUT2D eigenvalue weighted by Crippen LogP contribution is 2.36. The molecule has 2 N–H and O–H groups in total. The van der Waals surface area contributed by atoms with E-state index < -0.39 is 23.6 Å². The number of piperidine rings is 1. The van der Waals surface area contributed by atoms with Gasteiger partial charge in [0.15, 0.2) is 0 Å². The third kappa shape index (κ3) is 7.74. The molecule has 1 saturated heterocycles. The van der Waals surface area contributed by atoms with Gasteiger partial charge in [-0.15, -0.1) is 0 Å². The van der Waals surface area contributed by atoms with Crippen molar-refractivity contribution in [2.75, 3.05) is 26.2 Å². The maximum absolute atomic E-state index is 13.2. The van der Waals surface area contributed by atoms with Crippen LogP contribution in [0.1, 0.15) is 46.5 Å². The van der Waals surface area contributed by atoms with E-state index in [1.165, 1.54) is 24.6 Å². The minimum absolute atomic E-state index is 0.0577. The number of hydrogen-bond donors (Lipinski definition) is 2. The van der Waals surface area contributed by atoms with Gasteiger partial charge in [-0.3, -0.25) is 9.59 Å². The van der Waals surface area contributed by atoms with Crippen molar-refractivity contribution in [1.82, 2.24) is 15.5 Å². The standard InChI is InChI=1S/C29H29ClF3N3O3/c1-19-5-7-20(8-6-19)27(37)35-25(28(38)34-13-16-36-14-3-2-4-15-36)18-22-10-12-26(39-22)23-17-21(29(31,32)33)9-11-24(23)30/h5-12,17-18H,2-4,13-16H2,1H3,(H,34,38)(H,35,37). The molecule has 3 aromatic rings. The van der Waals surface area contributed by atoms with Crippen molar-refractivity contribution in [3.05, 3.63) is 87.8 Å². The minimum atomic E-state index is -4.55. The first-order valence-electron chi connectivity index (χ1n) is 12.7. The third-order valence-corrected chi connectivity index (χ3v) is 6.77. The highest BCUT2D eigenvalue weighted by atomic mass is 35.5. The molecule has 0 radical (unpaired) electrons. The second-order valence-electron chi connectivity index (χ2n) is 9.43. The Hall–Kier alpha value is -3.56. The Bertz CT molecular complexity index is 1340. The third-order valence-electron chi connectivity index (χ3n) is 6.44. The lowest BCUT2D eigenvalue weighted by Crippen LogP contribution is -2.40. The molecule has 10 heteroatoms. The van der Waals surface area contributed by atoms with Crippen LogP contribution in [0.25, 0.3) is 17.4 Å². The van der Waals surface area contributed by atoms with Crippen LogP contribution in [0.5, 0.6) is 0 Å². The molecule has 1 aliphatic rings. The lowest BCUT2D eigenvalue weighted by atomic mass is 10.1. The number of nitrogens with one attached hydrogen (secondary N) is 2. The van der Waals surface area contributed by atoms with Gasteiger partial charge in [0.2, 0.25) is 0 Å². The number of benzene rings is 2. The number of carbonyl (C=O) groups excluding carboxylic acids is 2. The maximum atomic E-state index is 13.2. The molecule has 1 fully saturated rings. The van der Waals surface area contributed by atoms with E-state index in [0.717, 1.165) is 49.7 Å². The second-order valence-corrected chi connectivity index (χ2v) is 9.84. The predicted molar refractivity (Wildman–Crippen MR) is 144 cm³/mol. The molecular formula is C29H29ClF3N3O3. The zero-order chi connectivity index (χ0) is 28.0. The Morgan fingerprint density at radius 2 is 1.74 bits per heavy atom. The SMILES string of the molecule is Cc1ccc(C(=O)NC(=Cc2ccc(-c3cc(C(F)(F)F)ccc3Cl)o2)C(=O)NCCN2CCCCC2)cc1. The zero-order valence-corrected chi connectivity index (χ0v) is 22.2. The van der Waals surface area contributed by atoms with Gasteiger partial charge in [0.25, 0.3) is 11.8 Å². The lowest BCUT2D eigenvalue weighted by Gasteiger charge is -2.26. The molecule has 0 saturated carbocycles. The highest BCUT2D eigenvalue weighted by Gasteiger charge is 2.31. The van der Waals surface area contributed by atoms with Crippen molar-refractivity contribution < 1.29 is 27.2 Å². The van der Waals surface area contributed by atoms with Crippen LogP contribution in [-0.4, -0.2) is 42.9 Å². The number of hydrogen-bond acceptors (Lipinski definition) is 4. The maximum Gasteiger partial charge on any atom is 0.416 e. The van der Waals surface area contributed by atoms with Crippen LogP contribution in [0, 0.1) is 6.92 Å². The summed E-state index contributed by atoms with van der Waals surface area (Å²) in [6.45, 7) is 4.93. The monoisotopic (exact) mass is 559 g/mol. The topological polar surface area (TPSA) is 74.6 Å². The zero-order valence-electron chi connectivity index (χ0n) is 21.4. The number of aryl methyl sites for hydroxylation is 1. The second kappa shape index (κ2) is 12.5. The lowest BCUT2D eigenvalue weighted by molar-refractivity contribution is -0.137. The molecule has 39 heavy (non-hydrogen) atoms. The summed E-state index contributed by atoms with van der Waals surface area (Å²) in [5, 5.41) is 5.56. The Morgan fingerprint density at radius 1 is 1.03 bits per heavy atom. The molecule has 1 aliphatic heterocycles. The van der Waals surface area contributed by atoms with Crippen LogP contribution in [0.15, 0.2) is 64.7 Å². The van der Waals surface area contributed by atoms with Gasteiger partial charge in [-0.25, -0.2) is 0 Å². The van der Waals surface area contributed by atoms with E-state index in [2.05, 4.69) is 15.5 Å². The van der Waals surface area contributed by atoms with Crippen LogP contribution in [0.3, 0.4) is 0 Å². The molecule has 2 aromatic carbocycles. The molecule has 206 valence electrons. The molecule has 0 unspecified atom stereocenters. The summed E-state index contributed by atoms with van der Waals surface area (Å²) < 4.78 is 45.4. The number of halogens is 4. The van der Waals surface area contributed by atoms with Crippen molar-refractivity contribution in [2.45, 2.75) is 32.4 Å². The molecule has 0 atom stereocenters. The molecule has 0 spiro atoms. The number of carbonyl (C=O) groups is 2. The first-order chi connectivity index (χ1) is 18.6. The van der Waals surface area contributed by atoms with Gasteiger partial charge in [0.05, 0.1) is 10.6 Å². The van der Waals surface area contributed by atoms with E-state index in [-0.39, 0.29) is 27.8 Å². The number of amides is 2. The molecule has 0 bridgehead atoms. The largest absolute Gasteiger partial charge is 0.457 e. The van der Waals surface area contributed by atoms with Crippen LogP contribution >= 0.6 is 11.6 Å². The first kappa shape index (κ1) is 28.4. The van der Waals surface area contributed by atoms with Crippen molar-refractivity contribution in [2.24, 2.45) is 0 Å². The Balaban J connectivity index is 1.56. The van der Waals surface area contributed by atoms with Gasteiger partial charge in [0, 0.05) is 30.3 Å². The average molecular weight is 560 g/mol. The Morgan fingerprint density at radius 3 is 2.44 bits per heavy atom. The fourth-order valence-corrected chi connectivity index (χ4v) is 4.48. The first-order valence-corrected chi connectivity index (χ1v) is 13.1. The molecule has 2 amide bonds. The summed E-state index contributed by atoms with van der Waals surface area (Å²) in [5.74, 6) is -0.751. The summed E-state index contributed by atoms with van der Waals surface area (Å²) >= 11 is 6.15. The molecule has 2 heterocycles. The van der Waals surface area contributed by atoms with Crippen molar-refractivity contribution in [3.63, 3.8) is 0 Å². The summed E-state index contributed by atoms with van der Waals surface area (Å²) in [7, 11) is 0. The number of nitrogens with zero attached hydrogens (tertiary/aromatic N) is 1. The number of alkyl halides is 3. The van der Waals surface area contributed by atoms with Crippen LogP contribution < -0.4 is 10.6 Å². The number of likely N-dealkylation sites (tertiary alicyclic amines) is 1. The predicted octanol–water partition coefficient (Wildman–Crippen LogP) is 6.30. The Kier molecular flexibility index (Phi) is 9.14. The smallest absolute Gasteiger partial charge is 0.416 e. The fraction of sp³-hybridized carbons (Fsp3) is 0.310. The Labute approximate surface area is 229 Å². The molecule has 4 rings (SSSR count). The van der Waals surface area contributed by atoms with E-state index in [4.69, 9.17) is 16.0 Å². The van der Waals surface area contributed by atoms with Crippen LogP contribution in [0.2, 0.25) is 5.02 Å². The van der Waals surface area contributed by atoms with Gasteiger partial charge in [-0.2, -0.15) is 13.2 Å². The van der Waals surface area contributed by atoms with Gasteiger partial charge in [-0.1, -0.05) is 35.7 Å². The summed E-state index contributed by atoms with van der Waals surface area (Å²) in [5.41, 5.74) is 0.477. The van der Waals surface area contributed by atoms with Crippen LogP contribution in [-0.2, 0) is 11.0 Å². The van der Waals surface area contributed by atoms with E-state index in [1.54, 1.807) is 24.3 Å². The minimum Gasteiger partial charge on any atom is -0.457 e. The fourth-order valence-electron chi connectivity index (χ4n) is 4.27. The summed E-state index contributed by atoms with van der Waals surface area (Å²) in [6.07, 6.45) is 0.254. The van der Waals surface area contributed by atoms with Gasteiger partial charge < -0.3 is 20.0 Å². The van der Waals surface area contributed by atoms with Gasteiger partial charge >= 0.3 is 6.18 Å². The number of rotatable bonds is 8. The van der Waals surface area contributed by atoms with Crippen molar-refractivity contribution in [1.29, 1.82) is 0 Å². The summed E-state index contributed by atoms with van der Waals surface area (Å²) in [6, 6.07) is 12.8.